The van der Waals surface area contributed by atoms with E-state index in [-0.39, 0.29) is 17.9 Å². The number of alkyl halides is 3. The van der Waals surface area contributed by atoms with Gasteiger partial charge in [0.1, 0.15) is 17.1 Å². The number of hydrogen-bond acceptors (Lipinski definition) is 5. The molecule has 0 amide bonds. The maximum atomic E-state index is 13.6. The molecular formula is C23H22ClF3N4O. The molecule has 0 radical (unpaired) electrons. The number of rotatable bonds is 6. The summed E-state index contributed by atoms with van der Waals surface area (Å²) in [6, 6.07) is 13.6. The van der Waals surface area contributed by atoms with Crippen LogP contribution in [0.1, 0.15) is 37.7 Å². The Kier molecular flexibility index (Phi) is 6.69. The maximum Gasteiger partial charge on any atom is 0.421 e. The molecule has 0 spiro atoms. The van der Waals surface area contributed by atoms with Gasteiger partial charge in [-0.1, -0.05) is 30.2 Å². The topological polar surface area (TPSA) is 59.1 Å². The molecule has 1 aromatic heterocycles. The second kappa shape index (κ2) is 9.65. The van der Waals surface area contributed by atoms with Gasteiger partial charge in [0.05, 0.1) is 11.8 Å². The SMILES string of the molecule is FC(F)(F)c1cnc(Nc2ccc(Cl)cc2)nc1Nc1ccccc1OC1CCCCC1. The summed E-state index contributed by atoms with van der Waals surface area (Å²) >= 11 is 5.88. The quantitative estimate of drug-likeness (QED) is 0.401. The van der Waals surface area contributed by atoms with Crippen molar-refractivity contribution in [2.75, 3.05) is 10.6 Å². The fourth-order valence-electron chi connectivity index (χ4n) is 3.57. The van der Waals surface area contributed by atoms with Gasteiger partial charge in [0.2, 0.25) is 5.95 Å². The van der Waals surface area contributed by atoms with Gasteiger partial charge in [-0.15, -0.1) is 0 Å². The van der Waals surface area contributed by atoms with Crippen molar-refractivity contribution in [1.82, 2.24) is 9.97 Å². The van der Waals surface area contributed by atoms with E-state index in [0.717, 1.165) is 31.9 Å². The van der Waals surface area contributed by atoms with Gasteiger partial charge in [0, 0.05) is 16.9 Å². The Morgan fingerprint density at radius 1 is 0.938 bits per heavy atom. The third-order valence-electron chi connectivity index (χ3n) is 5.18. The summed E-state index contributed by atoms with van der Waals surface area (Å²) < 4.78 is 47.0. The van der Waals surface area contributed by atoms with Gasteiger partial charge in [-0.2, -0.15) is 18.2 Å². The minimum absolute atomic E-state index is 0.0218. The molecule has 1 aliphatic carbocycles. The monoisotopic (exact) mass is 462 g/mol. The predicted octanol–water partition coefficient (Wildman–Crippen LogP) is 7.35. The molecule has 2 N–H and O–H groups in total. The lowest BCUT2D eigenvalue weighted by Gasteiger charge is -2.24. The van der Waals surface area contributed by atoms with Crippen molar-refractivity contribution < 1.29 is 17.9 Å². The number of aromatic nitrogens is 2. The van der Waals surface area contributed by atoms with Crippen LogP contribution >= 0.6 is 11.6 Å². The van der Waals surface area contributed by atoms with Gasteiger partial charge in [-0.25, -0.2) is 4.98 Å². The molecule has 0 saturated heterocycles. The highest BCUT2D eigenvalue weighted by Crippen LogP contribution is 2.37. The van der Waals surface area contributed by atoms with E-state index < -0.39 is 11.7 Å². The van der Waals surface area contributed by atoms with Crippen molar-refractivity contribution in [1.29, 1.82) is 0 Å². The molecule has 0 bridgehead atoms. The van der Waals surface area contributed by atoms with E-state index in [1.54, 1.807) is 48.5 Å². The molecule has 2 aromatic carbocycles. The number of hydrogen-bond donors (Lipinski definition) is 2. The number of halogens is 4. The molecule has 1 aliphatic rings. The summed E-state index contributed by atoms with van der Waals surface area (Å²) in [4.78, 5) is 7.93. The van der Waals surface area contributed by atoms with Gasteiger partial charge in [-0.3, -0.25) is 0 Å². The first-order valence-electron chi connectivity index (χ1n) is 10.4. The Hall–Kier alpha value is -3.00. The molecule has 4 rings (SSSR count). The molecule has 168 valence electrons. The zero-order valence-electron chi connectivity index (χ0n) is 17.1. The van der Waals surface area contributed by atoms with E-state index >= 15 is 0 Å². The third kappa shape index (κ3) is 5.62. The van der Waals surface area contributed by atoms with Gasteiger partial charge < -0.3 is 15.4 Å². The normalized spacial score (nSPS) is 14.8. The Bertz CT molecular complexity index is 1050. The molecule has 3 aromatic rings. The number of benzene rings is 2. The number of anilines is 4. The van der Waals surface area contributed by atoms with Crippen LogP contribution in [-0.4, -0.2) is 16.1 Å². The molecule has 0 unspecified atom stereocenters. The third-order valence-corrected chi connectivity index (χ3v) is 5.43. The molecule has 1 saturated carbocycles. The fraction of sp³-hybridized carbons (Fsp3) is 0.304. The van der Waals surface area contributed by atoms with E-state index in [2.05, 4.69) is 20.6 Å². The average molecular weight is 463 g/mol. The molecule has 0 atom stereocenters. The molecule has 1 fully saturated rings. The van der Waals surface area contributed by atoms with E-state index in [9.17, 15) is 13.2 Å². The molecule has 5 nitrogen and oxygen atoms in total. The average Bonchev–Trinajstić information content (AvgIpc) is 2.77. The smallest absolute Gasteiger partial charge is 0.421 e. The fourth-order valence-corrected chi connectivity index (χ4v) is 3.70. The minimum atomic E-state index is -4.62. The number of para-hydroxylation sites is 2. The van der Waals surface area contributed by atoms with Crippen LogP contribution in [0, 0.1) is 0 Å². The van der Waals surface area contributed by atoms with Crippen molar-refractivity contribution in [3.05, 3.63) is 65.3 Å². The van der Waals surface area contributed by atoms with Crippen molar-refractivity contribution in [2.24, 2.45) is 0 Å². The summed E-state index contributed by atoms with van der Waals surface area (Å²) in [5.74, 6) is 0.163. The Morgan fingerprint density at radius 2 is 1.66 bits per heavy atom. The minimum Gasteiger partial charge on any atom is -0.488 e. The van der Waals surface area contributed by atoms with Gasteiger partial charge in [-0.05, 0) is 62.1 Å². The molecule has 0 aliphatic heterocycles. The largest absolute Gasteiger partial charge is 0.488 e. The summed E-state index contributed by atoms with van der Waals surface area (Å²) in [5, 5.41) is 6.25. The second-order valence-electron chi connectivity index (χ2n) is 7.58. The molecular weight excluding hydrogens is 441 g/mol. The standard InChI is InChI=1S/C23H22ClF3N4O/c24-15-10-12-16(13-11-15)29-22-28-14-18(23(25,26)27)21(31-22)30-19-8-4-5-9-20(19)32-17-6-2-1-3-7-17/h4-5,8-14,17H,1-3,6-7H2,(H2,28,29,30,31). The number of nitrogens with one attached hydrogen (secondary N) is 2. The Morgan fingerprint density at radius 3 is 2.38 bits per heavy atom. The lowest BCUT2D eigenvalue weighted by atomic mass is 9.98. The van der Waals surface area contributed by atoms with E-state index in [4.69, 9.17) is 16.3 Å². The lowest BCUT2D eigenvalue weighted by molar-refractivity contribution is -0.137. The second-order valence-corrected chi connectivity index (χ2v) is 8.02. The highest BCUT2D eigenvalue weighted by Gasteiger charge is 2.35. The summed E-state index contributed by atoms with van der Waals surface area (Å²) in [5.41, 5.74) is 0.0486. The maximum absolute atomic E-state index is 13.6. The number of nitrogens with zero attached hydrogens (tertiary/aromatic N) is 2. The molecule has 9 heteroatoms. The van der Waals surface area contributed by atoms with E-state index in [1.807, 2.05) is 0 Å². The first-order valence-corrected chi connectivity index (χ1v) is 10.8. The van der Waals surface area contributed by atoms with Crippen LogP contribution in [0.25, 0.3) is 0 Å². The lowest BCUT2D eigenvalue weighted by Crippen LogP contribution is -2.20. The van der Waals surface area contributed by atoms with Crippen LogP contribution in [0.3, 0.4) is 0 Å². The summed E-state index contributed by atoms with van der Waals surface area (Å²) in [6.45, 7) is 0. The van der Waals surface area contributed by atoms with Gasteiger partial charge in [0.25, 0.3) is 0 Å². The van der Waals surface area contributed by atoms with E-state index in [0.29, 0.717) is 22.1 Å². The highest BCUT2D eigenvalue weighted by molar-refractivity contribution is 6.30. The van der Waals surface area contributed by atoms with Crippen LogP contribution in [0.15, 0.2) is 54.7 Å². The molecule has 32 heavy (non-hydrogen) atoms. The highest BCUT2D eigenvalue weighted by atomic mass is 35.5. The van der Waals surface area contributed by atoms with Gasteiger partial charge >= 0.3 is 6.18 Å². The Balaban J connectivity index is 1.62. The van der Waals surface area contributed by atoms with E-state index in [1.165, 1.54) is 6.42 Å². The van der Waals surface area contributed by atoms with Crippen LogP contribution in [0.2, 0.25) is 5.02 Å². The van der Waals surface area contributed by atoms with Crippen molar-refractivity contribution in [3.8, 4) is 5.75 Å². The van der Waals surface area contributed by atoms with Crippen LogP contribution in [-0.2, 0) is 6.18 Å². The summed E-state index contributed by atoms with van der Waals surface area (Å²) in [6.07, 6.45) is 1.42. The summed E-state index contributed by atoms with van der Waals surface area (Å²) in [7, 11) is 0. The van der Waals surface area contributed by atoms with Crippen LogP contribution in [0.5, 0.6) is 5.75 Å². The zero-order valence-corrected chi connectivity index (χ0v) is 17.9. The van der Waals surface area contributed by atoms with Crippen molar-refractivity contribution >= 4 is 34.7 Å². The number of ether oxygens (including phenoxy) is 1. The van der Waals surface area contributed by atoms with Crippen molar-refractivity contribution in [2.45, 2.75) is 44.4 Å². The Labute approximate surface area is 189 Å². The van der Waals surface area contributed by atoms with Crippen molar-refractivity contribution in [3.63, 3.8) is 0 Å². The molecule has 1 heterocycles. The first-order chi connectivity index (χ1) is 15.4. The van der Waals surface area contributed by atoms with Crippen LogP contribution < -0.4 is 15.4 Å². The predicted molar refractivity (Wildman–Crippen MR) is 119 cm³/mol. The first kappa shape index (κ1) is 22.2. The van der Waals surface area contributed by atoms with Crippen LogP contribution in [0.4, 0.5) is 36.3 Å². The van der Waals surface area contributed by atoms with Gasteiger partial charge in [0.15, 0.2) is 0 Å². The zero-order chi connectivity index (χ0) is 22.6.